The average molecular weight is 401 g/mol. The number of nitro groups is 1. The molecule has 0 atom stereocenters. The highest BCUT2D eigenvalue weighted by atomic mass is 79.9. The van der Waals surface area contributed by atoms with Gasteiger partial charge in [0.2, 0.25) is 0 Å². The molecule has 8 heteroatoms. The molecule has 2 aromatic carbocycles. The molecule has 25 heavy (non-hydrogen) atoms. The number of hydrogen-bond donors (Lipinski definition) is 1. The van der Waals surface area contributed by atoms with E-state index in [1.54, 1.807) is 16.9 Å². The van der Waals surface area contributed by atoms with E-state index >= 15 is 0 Å². The van der Waals surface area contributed by atoms with Crippen LogP contribution in [-0.2, 0) is 6.54 Å². The summed E-state index contributed by atoms with van der Waals surface area (Å²) in [5, 5.41) is 17.8. The van der Waals surface area contributed by atoms with Crippen molar-refractivity contribution in [2.75, 3.05) is 5.32 Å². The Kier molecular flexibility index (Phi) is 4.90. The van der Waals surface area contributed by atoms with Gasteiger partial charge in [0.15, 0.2) is 0 Å². The van der Waals surface area contributed by atoms with E-state index in [0.29, 0.717) is 12.4 Å². The summed E-state index contributed by atoms with van der Waals surface area (Å²) in [4.78, 5) is 22.7. The third kappa shape index (κ3) is 3.92. The van der Waals surface area contributed by atoms with E-state index in [1.807, 2.05) is 24.3 Å². The lowest BCUT2D eigenvalue weighted by Crippen LogP contribution is -2.16. The fraction of sp³-hybridized carbons (Fsp3) is 0.0588. The first-order chi connectivity index (χ1) is 12.0. The van der Waals surface area contributed by atoms with Gasteiger partial charge in [0.25, 0.3) is 11.6 Å². The first kappa shape index (κ1) is 16.8. The molecule has 0 unspecified atom stereocenters. The van der Waals surface area contributed by atoms with Crippen molar-refractivity contribution in [2.45, 2.75) is 6.54 Å². The molecule has 0 aliphatic carbocycles. The van der Waals surface area contributed by atoms with Gasteiger partial charge in [0, 0.05) is 28.2 Å². The number of aromatic nitrogens is 2. The van der Waals surface area contributed by atoms with Gasteiger partial charge in [-0.1, -0.05) is 40.2 Å². The Morgan fingerprint density at radius 3 is 2.76 bits per heavy atom. The Hall–Kier alpha value is -3.00. The maximum atomic E-state index is 12.4. The molecular weight excluding hydrogens is 388 g/mol. The minimum absolute atomic E-state index is 0.130. The van der Waals surface area contributed by atoms with Gasteiger partial charge in [0.1, 0.15) is 5.82 Å². The highest BCUT2D eigenvalue weighted by molar-refractivity contribution is 9.10. The number of non-ortho nitro benzene ring substituents is 1. The highest BCUT2D eigenvalue weighted by Crippen LogP contribution is 2.19. The molecule has 0 aliphatic heterocycles. The topological polar surface area (TPSA) is 90.1 Å². The summed E-state index contributed by atoms with van der Waals surface area (Å²) >= 11 is 3.48. The number of nitrogens with one attached hydrogen (secondary N) is 1. The summed E-state index contributed by atoms with van der Waals surface area (Å²) in [6.07, 6.45) is 1.58. The van der Waals surface area contributed by atoms with Crippen molar-refractivity contribution < 1.29 is 9.72 Å². The second kappa shape index (κ2) is 7.27. The van der Waals surface area contributed by atoms with E-state index in [0.717, 1.165) is 10.0 Å². The van der Waals surface area contributed by atoms with Crippen LogP contribution in [-0.4, -0.2) is 20.6 Å². The Morgan fingerprint density at radius 2 is 2.00 bits per heavy atom. The molecule has 0 aliphatic rings. The van der Waals surface area contributed by atoms with Gasteiger partial charge >= 0.3 is 0 Å². The fourth-order valence-electron chi connectivity index (χ4n) is 2.30. The molecule has 1 aromatic heterocycles. The molecule has 3 aromatic rings. The number of halogens is 1. The molecule has 0 saturated heterocycles. The molecule has 3 rings (SSSR count). The summed E-state index contributed by atoms with van der Waals surface area (Å²) in [7, 11) is 0. The maximum Gasteiger partial charge on any atom is 0.270 e. The van der Waals surface area contributed by atoms with E-state index < -0.39 is 10.8 Å². The first-order valence-corrected chi connectivity index (χ1v) is 8.15. The SMILES string of the molecule is O=C(Nc1ccnn1Cc1ccccc1Br)c1cccc([N+](=O)[O-])c1. The van der Waals surface area contributed by atoms with Gasteiger partial charge in [-0.15, -0.1) is 0 Å². The number of nitro benzene ring substituents is 1. The second-order valence-electron chi connectivity index (χ2n) is 5.23. The van der Waals surface area contributed by atoms with Gasteiger partial charge in [-0.2, -0.15) is 5.10 Å². The number of anilines is 1. The van der Waals surface area contributed by atoms with Crippen LogP contribution < -0.4 is 5.32 Å². The van der Waals surface area contributed by atoms with Gasteiger partial charge in [-0.25, -0.2) is 4.68 Å². The summed E-state index contributed by atoms with van der Waals surface area (Å²) in [5.41, 5.74) is 1.09. The van der Waals surface area contributed by atoms with Crippen molar-refractivity contribution in [1.29, 1.82) is 0 Å². The van der Waals surface area contributed by atoms with E-state index in [9.17, 15) is 14.9 Å². The molecular formula is C17H13BrN4O3. The lowest BCUT2D eigenvalue weighted by molar-refractivity contribution is -0.384. The molecule has 0 bridgehead atoms. The van der Waals surface area contributed by atoms with Crippen molar-refractivity contribution in [3.8, 4) is 0 Å². The molecule has 0 radical (unpaired) electrons. The number of amides is 1. The third-order valence-corrected chi connectivity index (χ3v) is 4.33. The van der Waals surface area contributed by atoms with Crippen LogP contribution in [0.2, 0.25) is 0 Å². The smallest absolute Gasteiger partial charge is 0.270 e. The Morgan fingerprint density at radius 1 is 1.20 bits per heavy atom. The molecule has 1 amide bonds. The van der Waals surface area contributed by atoms with Crippen LogP contribution in [0.4, 0.5) is 11.5 Å². The zero-order chi connectivity index (χ0) is 17.8. The van der Waals surface area contributed by atoms with E-state index in [-0.39, 0.29) is 11.3 Å². The van der Waals surface area contributed by atoms with Crippen molar-refractivity contribution in [1.82, 2.24) is 9.78 Å². The maximum absolute atomic E-state index is 12.4. The largest absolute Gasteiger partial charge is 0.307 e. The normalized spacial score (nSPS) is 10.4. The second-order valence-corrected chi connectivity index (χ2v) is 6.08. The van der Waals surface area contributed by atoms with Gasteiger partial charge < -0.3 is 5.32 Å². The lowest BCUT2D eigenvalue weighted by atomic mass is 10.2. The van der Waals surface area contributed by atoms with Crippen molar-refractivity contribution >= 4 is 33.3 Å². The molecule has 0 spiro atoms. The number of carbonyl (C=O) groups is 1. The fourth-order valence-corrected chi connectivity index (χ4v) is 2.71. The number of nitrogens with zero attached hydrogens (tertiary/aromatic N) is 3. The van der Waals surface area contributed by atoms with Crippen LogP contribution in [0.3, 0.4) is 0 Å². The Balaban J connectivity index is 1.79. The molecule has 1 N–H and O–H groups in total. The van der Waals surface area contributed by atoms with Gasteiger partial charge in [0.05, 0.1) is 17.7 Å². The monoisotopic (exact) mass is 400 g/mol. The molecule has 126 valence electrons. The summed E-state index contributed by atoms with van der Waals surface area (Å²) in [6, 6.07) is 15.0. The Bertz CT molecular complexity index is 939. The average Bonchev–Trinajstić information content (AvgIpc) is 3.04. The van der Waals surface area contributed by atoms with Crippen LogP contribution in [0.5, 0.6) is 0 Å². The summed E-state index contributed by atoms with van der Waals surface area (Å²) in [6.45, 7) is 0.471. The number of rotatable bonds is 5. The van der Waals surface area contributed by atoms with Crippen molar-refractivity contribution in [2.24, 2.45) is 0 Å². The van der Waals surface area contributed by atoms with Gasteiger partial charge in [-0.3, -0.25) is 14.9 Å². The molecule has 0 fully saturated rings. The third-order valence-electron chi connectivity index (χ3n) is 3.56. The summed E-state index contributed by atoms with van der Waals surface area (Å²) < 4.78 is 2.59. The first-order valence-electron chi connectivity index (χ1n) is 7.35. The quantitative estimate of drug-likeness (QED) is 0.519. The van der Waals surface area contributed by atoms with Crippen LogP contribution in [0, 0.1) is 10.1 Å². The Labute approximate surface area is 151 Å². The zero-order valence-electron chi connectivity index (χ0n) is 12.9. The predicted octanol–water partition coefficient (Wildman–Crippen LogP) is 3.85. The highest BCUT2D eigenvalue weighted by Gasteiger charge is 2.14. The zero-order valence-corrected chi connectivity index (χ0v) is 14.5. The number of benzene rings is 2. The van der Waals surface area contributed by atoms with Crippen LogP contribution in [0.15, 0.2) is 65.3 Å². The van der Waals surface area contributed by atoms with Crippen LogP contribution in [0.25, 0.3) is 0 Å². The standard InChI is InChI=1S/C17H13BrN4O3/c18-15-7-2-1-4-13(15)11-21-16(8-9-19-21)20-17(23)12-5-3-6-14(10-12)22(24)25/h1-10H,11H2,(H,20,23). The van der Waals surface area contributed by atoms with Crippen molar-refractivity contribution in [3.05, 3.63) is 86.5 Å². The lowest BCUT2D eigenvalue weighted by Gasteiger charge is -2.10. The minimum Gasteiger partial charge on any atom is -0.307 e. The minimum atomic E-state index is -0.534. The summed E-state index contributed by atoms with van der Waals surface area (Å²) in [5.74, 6) is 0.0739. The molecule has 1 heterocycles. The molecule has 0 saturated carbocycles. The van der Waals surface area contributed by atoms with E-state index in [4.69, 9.17) is 0 Å². The predicted molar refractivity (Wildman–Crippen MR) is 96.5 cm³/mol. The van der Waals surface area contributed by atoms with E-state index in [2.05, 4.69) is 26.3 Å². The van der Waals surface area contributed by atoms with Gasteiger partial charge in [-0.05, 0) is 17.7 Å². The van der Waals surface area contributed by atoms with Crippen molar-refractivity contribution in [3.63, 3.8) is 0 Å². The molecule has 7 nitrogen and oxygen atoms in total. The van der Waals surface area contributed by atoms with Crippen LogP contribution in [0.1, 0.15) is 15.9 Å². The van der Waals surface area contributed by atoms with E-state index in [1.165, 1.54) is 24.3 Å². The van der Waals surface area contributed by atoms with Crippen LogP contribution >= 0.6 is 15.9 Å². The number of carbonyl (C=O) groups excluding carboxylic acids is 1. The number of hydrogen-bond acceptors (Lipinski definition) is 4.